The Labute approximate surface area is 213 Å². The number of hydrogen-bond donors (Lipinski definition) is 0. The maximum Gasteiger partial charge on any atom is 0.333 e. The summed E-state index contributed by atoms with van der Waals surface area (Å²) in [5.74, 6) is -8.66. The van der Waals surface area contributed by atoms with Gasteiger partial charge in [0.2, 0.25) is 0 Å². The summed E-state index contributed by atoms with van der Waals surface area (Å²) in [5, 5.41) is 0. The first-order valence-electron chi connectivity index (χ1n) is 11.5. The van der Waals surface area contributed by atoms with E-state index in [1.807, 2.05) is 0 Å². The molecule has 0 aliphatic heterocycles. The van der Waals surface area contributed by atoms with Crippen molar-refractivity contribution in [3.8, 4) is 0 Å². The maximum atomic E-state index is 12.8. The van der Waals surface area contributed by atoms with Gasteiger partial charge in [-0.1, -0.05) is 61.2 Å². The van der Waals surface area contributed by atoms with Gasteiger partial charge in [0.05, 0.1) is 17.5 Å². The second kappa shape index (κ2) is 13.9. The molecule has 0 saturated heterocycles. The van der Waals surface area contributed by atoms with Crippen molar-refractivity contribution in [1.29, 1.82) is 0 Å². The Morgan fingerprint density at radius 3 is 1.50 bits per heavy atom. The van der Waals surface area contributed by atoms with E-state index in [0.717, 1.165) is 0 Å². The first kappa shape index (κ1) is 29.2. The minimum absolute atomic E-state index is 0.0146. The second-order valence-corrected chi connectivity index (χ2v) is 10.2. The van der Waals surface area contributed by atoms with Gasteiger partial charge in [-0.15, -0.1) is 0 Å². The molecule has 0 aliphatic carbocycles. The number of esters is 1. The van der Waals surface area contributed by atoms with Crippen LogP contribution < -0.4 is 0 Å². The molecule has 0 bridgehead atoms. The summed E-state index contributed by atoms with van der Waals surface area (Å²) in [5.41, 5.74) is 0.204. The molecule has 0 saturated carbocycles. The van der Waals surface area contributed by atoms with Gasteiger partial charge in [-0.25, -0.2) is 13.6 Å². The van der Waals surface area contributed by atoms with Gasteiger partial charge in [0.1, 0.15) is 0 Å². The molecule has 3 rings (SSSR count). The quantitative estimate of drug-likeness (QED) is 0.0885. The standard InChI is InChI=1S/C18H15S.C11H16F4O2/c1-4-10-16(11-5-1)19(17-12-6-2-7-13-17)18-14-8-3-9-15-18;1-8(2)9(16)17-7-5-4-6-11(14,15)10(3,12)13/h1-15H;1,4-7H2,2-3H3/q+1;. The minimum atomic E-state index is -4.03. The third kappa shape index (κ3) is 9.19. The molecular formula is C29H31F4O2S+. The maximum absolute atomic E-state index is 12.8. The number of benzene rings is 3. The lowest BCUT2D eigenvalue weighted by Gasteiger charge is -2.22. The molecule has 0 spiro atoms. The fourth-order valence-corrected chi connectivity index (χ4v) is 5.14. The van der Waals surface area contributed by atoms with E-state index in [4.69, 9.17) is 0 Å². The number of carbonyl (C=O) groups is 1. The van der Waals surface area contributed by atoms with Crippen LogP contribution in [0.2, 0.25) is 0 Å². The average Bonchev–Trinajstić information content (AvgIpc) is 2.85. The second-order valence-electron chi connectivity index (χ2n) is 8.21. The zero-order chi connectivity index (χ0) is 26.6. The van der Waals surface area contributed by atoms with E-state index < -0.39 is 24.2 Å². The Hall–Kier alpha value is -3.06. The SMILES string of the molecule is C=C(C)C(=O)OCCCCC(F)(F)C(C)(F)F.c1ccc([S+](c2ccccc2)c2ccccc2)cc1. The zero-order valence-electron chi connectivity index (χ0n) is 20.4. The molecule has 0 aromatic heterocycles. The van der Waals surface area contributed by atoms with Crippen molar-refractivity contribution in [2.24, 2.45) is 0 Å². The van der Waals surface area contributed by atoms with Gasteiger partial charge in [0, 0.05) is 18.9 Å². The molecule has 7 heteroatoms. The van der Waals surface area contributed by atoms with Crippen molar-refractivity contribution < 1.29 is 27.1 Å². The molecule has 36 heavy (non-hydrogen) atoms. The molecule has 3 aromatic carbocycles. The molecule has 3 aromatic rings. The molecule has 0 amide bonds. The minimum Gasteiger partial charge on any atom is -0.462 e. The monoisotopic (exact) mass is 519 g/mol. The van der Waals surface area contributed by atoms with Crippen LogP contribution in [0.1, 0.15) is 33.1 Å². The summed E-state index contributed by atoms with van der Waals surface area (Å²) in [4.78, 5) is 15.0. The molecule has 0 atom stereocenters. The molecule has 0 radical (unpaired) electrons. The molecule has 2 nitrogen and oxygen atoms in total. The molecule has 0 aliphatic rings. The predicted octanol–water partition coefficient (Wildman–Crippen LogP) is 8.35. The van der Waals surface area contributed by atoms with Gasteiger partial charge in [0.25, 0.3) is 0 Å². The summed E-state index contributed by atoms with van der Waals surface area (Å²) >= 11 is 0. The first-order chi connectivity index (χ1) is 17.0. The van der Waals surface area contributed by atoms with Crippen LogP contribution in [0.25, 0.3) is 0 Å². The third-order valence-electron chi connectivity index (χ3n) is 5.05. The van der Waals surface area contributed by atoms with E-state index in [1.165, 1.54) is 21.6 Å². The van der Waals surface area contributed by atoms with E-state index in [9.17, 15) is 22.4 Å². The topological polar surface area (TPSA) is 26.3 Å². The highest BCUT2D eigenvalue weighted by Crippen LogP contribution is 2.37. The first-order valence-corrected chi connectivity index (χ1v) is 12.7. The van der Waals surface area contributed by atoms with E-state index >= 15 is 0 Å². The predicted molar refractivity (Wildman–Crippen MR) is 137 cm³/mol. The van der Waals surface area contributed by atoms with Crippen molar-refractivity contribution in [3.63, 3.8) is 0 Å². The zero-order valence-corrected chi connectivity index (χ0v) is 21.2. The van der Waals surface area contributed by atoms with E-state index in [1.54, 1.807) is 0 Å². The number of ether oxygens (including phenoxy) is 1. The summed E-state index contributed by atoms with van der Waals surface area (Å²) in [6.45, 7) is 4.90. The van der Waals surface area contributed by atoms with E-state index in [0.29, 0.717) is 0 Å². The van der Waals surface area contributed by atoms with Crippen LogP contribution >= 0.6 is 0 Å². The van der Waals surface area contributed by atoms with Gasteiger partial charge in [-0.2, -0.15) is 8.78 Å². The fraction of sp³-hybridized carbons (Fsp3) is 0.276. The van der Waals surface area contributed by atoms with E-state index in [2.05, 4.69) is 102 Å². The highest BCUT2D eigenvalue weighted by Gasteiger charge is 2.51. The number of unbranched alkanes of at least 4 members (excludes halogenated alkanes) is 1. The van der Waals surface area contributed by atoms with Crippen LogP contribution in [0.4, 0.5) is 17.6 Å². The number of halogens is 4. The number of alkyl halides is 4. The Morgan fingerprint density at radius 2 is 1.17 bits per heavy atom. The molecule has 0 unspecified atom stereocenters. The number of hydrogen-bond acceptors (Lipinski definition) is 2. The normalized spacial score (nSPS) is 11.4. The van der Waals surface area contributed by atoms with Gasteiger partial charge < -0.3 is 4.74 Å². The smallest absolute Gasteiger partial charge is 0.333 e. The van der Waals surface area contributed by atoms with E-state index in [-0.39, 0.29) is 42.8 Å². The highest BCUT2D eigenvalue weighted by atomic mass is 32.2. The fourth-order valence-electron chi connectivity index (χ4n) is 3.03. The summed E-state index contributed by atoms with van der Waals surface area (Å²) in [6, 6.07) is 32.2. The van der Waals surface area contributed by atoms with Crippen molar-refractivity contribution in [1.82, 2.24) is 0 Å². The average molecular weight is 520 g/mol. The van der Waals surface area contributed by atoms with Crippen molar-refractivity contribution in [3.05, 3.63) is 103 Å². The largest absolute Gasteiger partial charge is 0.462 e. The van der Waals surface area contributed by atoms with Gasteiger partial charge in [0.15, 0.2) is 14.7 Å². The van der Waals surface area contributed by atoms with Gasteiger partial charge in [-0.3, -0.25) is 0 Å². The van der Waals surface area contributed by atoms with Crippen LogP contribution in [-0.4, -0.2) is 24.4 Å². The Kier molecular flexibility index (Phi) is 11.2. The lowest BCUT2D eigenvalue weighted by molar-refractivity contribution is -0.201. The van der Waals surface area contributed by atoms with Crippen molar-refractivity contribution in [2.45, 2.75) is 59.6 Å². The van der Waals surface area contributed by atoms with Crippen LogP contribution in [0.15, 0.2) is 118 Å². The summed E-state index contributed by atoms with van der Waals surface area (Å²) in [6.07, 6.45) is -0.953. The molecule has 0 N–H and O–H groups in total. The van der Waals surface area contributed by atoms with Gasteiger partial charge >= 0.3 is 17.8 Å². The van der Waals surface area contributed by atoms with Crippen molar-refractivity contribution in [2.75, 3.05) is 6.61 Å². The van der Waals surface area contributed by atoms with Crippen LogP contribution in [0.5, 0.6) is 0 Å². The lowest BCUT2D eigenvalue weighted by atomic mass is 10.1. The Balaban J connectivity index is 0.000000256. The van der Waals surface area contributed by atoms with Crippen LogP contribution in [0, 0.1) is 0 Å². The number of rotatable bonds is 10. The number of carbonyl (C=O) groups excluding carboxylic acids is 1. The molecular weight excluding hydrogens is 488 g/mol. The highest BCUT2D eigenvalue weighted by molar-refractivity contribution is 7.97. The lowest BCUT2D eigenvalue weighted by Crippen LogP contribution is -2.37. The van der Waals surface area contributed by atoms with Crippen molar-refractivity contribution >= 4 is 16.9 Å². The van der Waals surface area contributed by atoms with Gasteiger partial charge in [-0.05, 0) is 56.2 Å². The Morgan fingerprint density at radius 1 is 0.778 bits per heavy atom. The summed E-state index contributed by atoms with van der Waals surface area (Å²) in [7, 11) is -0.0146. The Bertz CT molecular complexity index is 975. The molecule has 0 heterocycles. The van der Waals surface area contributed by atoms with Crippen LogP contribution in [0.3, 0.4) is 0 Å². The molecule has 192 valence electrons. The third-order valence-corrected chi connectivity index (χ3v) is 7.28. The summed E-state index contributed by atoms with van der Waals surface area (Å²) < 4.78 is 55.0. The van der Waals surface area contributed by atoms with Crippen LogP contribution in [-0.2, 0) is 20.4 Å². The molecule has 0 fully saturated rings.